The van der Waals surface area contributed by atoms with Crippen LogP contribution in [-0.2, 0) is 0 Å². The van der Waals surface area contributed by atoms with Crippen LogP contribution in [0, 0.1) is 5.92 Å². The number of pyridine rings is 1. The van der Waals surface area contributed by atoms with E-state index in [0.29, 0.717) is 16.5 Å². The lowest BCUT2D eigenvalue weighted by Crippen LogP contribution is -2.41. The predicted molar refractivity (Wildman–Crippen MR) is 116 cm³/mol. The molecule has 5 heteroatoms. The lowest BCUT2D eigenvalue weighted by atomic mass is 9.86. The summed E-state index contributed by atoms with van der Waals surface area (Å²) in [6.07, 6.45) is 4.67. The highest BCUT2D eigenvalue weighted by molar-refractivity contribution is 7.99. The Morgan fingerprint density at radius 3 is 2.75 bits per heavy atom. The maximum Gasteiger partial charge on any atom is 0.252 e. The lowest BCUT2D eigenvalue weighted by Gasteiger charge is -2.29. The maximum atomic E-state index is 13.2. The van der Waals surface area contributed by atoms with Crippen LogP contribution in [0.1, 0.15) is 43.0 Å². The quantitative estimate of drug-likeness (QED) is 0.545. The Labute approximate surface area is 174 Å². The van der Waals surface area contributed by atoms with Gasteiger partial charge in [0, 0.05) is 21.3 Å². The van der Waals surface area contributed by atoms with Gasteiger partial charge in [0.15, 0.2) is 0 Å². The molecule has 1 fully saturated rings. The molecular weight excluding hydrogens is 388 g/mol. The third-order valence-electron chi connectivity index (χ3n) is 5.38. The topological polar surface area (TPSA) is 42.0 Å². The second-order valence-corrected chi connectivity index (χ2v) is 8.96. The number of aromatic nitrogens is 1. The molecule has 2 atom stereocenters. The monoisotopic (exact) mass is 410 g/mol. The van der Waals surface area contributed by atoms with Crippen molar-refractivity contribution in [2.24, 2.45) is 5.92 Å². The Bertz CT molecular complexity index is 1010. The van der Waals surface area contributed by atoms with Crippen LogP contribution in [0.15, 0.2) is 64.5 Å². The van der Waals surface area contributed by atoms with E-state index in [1.54, 1.807) is 0 Å². The number of nitrogens with one attached hydrogen (secondary N) is 1. The van der Waals surface area contributed by atoms with Crippen molar-refractivity contribution in [3.8, 4) is 0 Å². The molecule has 0 radical (unpaired) electrons. The first-order valence-electron chi connectivity index (χ1n) is 9.74. The van der Waals surface area contributed by atoms with Gasteiger partial charge in [-0.05, 0) is 49.1 Å². The van der Waals surface area contributed by atoms with Gasteiger partial charge in [-0.15, -0.1) is 0 Å². The number of hydrogen-bond donors (Lipinski definition) is 1. The van der Waals surface area contributed by atoms with Crippen LogP contribution < -0.4 is 5.32 Å². The van der Waals surface area contributed by atoms with E-state index in [1.807, 2.05) is 54.6 Å². The summed E-state index contributed by atoms with van der Waals surface area (Å²) < 4.78 is 0. The largest absolute Gasteiger partial charge is 0.349 e. The molecule has 1 aliphatic rings. The minimum Gasteiger partial charge on any atom is -0.349 e. The van der Waals surface area contributed by atoms with Crippen LogP contribution in [0.25, 0.3) is 10.9 Å². The molecule has 28 heavy (non-hydrogen) atoms. The maximum absolute atomic E-state index is 13.2. The van der Waals surface area contributed by atoms with Crippen molar-refractivity contribution < 1.29 is 4.79 Å². The summed E-state index contributed by atoms with van der Waals surface area (Å²) in [5.74, 6) is 0.511. The van der Waals surface area contributed by atoms with Gasteiger partial charge in [-0.3, -0.25) is 4.79 Å². The summed E-state index contributed by atoms with van der Waals surface area (Å²) in [4.78, 5) is 18.9. The molecule has 1 saturated carbocycles. The zero-order valence-corrected chi connectivity index (χ0v) is 17.4. The number of amides is 1. The summed E-state index contributed by atoms with van der Waals surface area (Å²) in [5.41, 5.74) is 1.52. The number of benzene rings is 2. The average molecular weight is 411 g/mol. The van der Waals surface area contributed by atoms with Gasteiger partial charge in [0.25, 0.3) is 5.91 Å². The minimum absolute atomic E-state index is 0.00899. The first kappa shape index (κ1) is 19.3. The number of halogens is 1. The van der Waals surface area contributed by atoms with Crippen LogP contribution >= 0.6 is 23.4 Å². The SMILES string of the molecule is C[C@@H]1CCCC[C@H]1NC(=O)c1cc(Sc2cccc(Cl)c2)nc2ccccc12. The van der Waals surface area contributed by atoms with E-state index in [9.17, 15) is 4.79 Å². The molecule has 0 bridgehead atoms. The molecular formula is C23H23ClN2OS. The van der Waals surface area contributed by atoms with Gasteiger partial charge >= 0.3 is 0 Å². The highest BCUT2D eigenvalue weighted by Crippen LogP contribution is 2.31. The fourth-order valence-corrected chi connectivity index (χ4v) is 4.97. The summed E-state index contributed by atoms with van der Waals surface area (Å²) in [5, 5.41) is 5.65. The molecule has 1 heterocycles. The molecule has 2 aromatic carbocycles. The van der Waals surface area contributed by atoms with Gasteiger partial charge in [-0.2, -0.15) is 0 Å². The molecule has 3 aromatic rings. The van der Waals surface area contributed by atoms with E-state index in [-0.39, 0.29) is 11.9 Å². The molecule has 0 spiro atoms. The normalized spacial score (nSPS) is 19.5. The third-order valence-corrected chi connectivity index (χ3v) is 6.53. The van der Waals surface area contributed by atoms with E-state index in [4.69, 9.17) is 16.6 Å². The standard InChI is InChI=1S/C23H23ClN2OS/c1-15-7-2-4-11-20(15)26-23(27)19-14-22(25-21-12-5-3-10-18(19)21)28-17-9-6-8-16(24)13-17/h3,5-6,8-10,12-15,20H,2,4,7,11H2,1H3,(H,26,27)/t15-,20-/m1/s1. The fraction of sp³-hybridized carbons (Fsp3) is 0.304. The van der Waals surface area contributed by atoms with Crippen molar-refractivity contribution in [3.63, 3.8) is 0 Å². The zero-order valence-electron chi connectivity index (χ0n) is 15.8. The number of nitrogens with zero attached hydrogens (tertiary/aromatic N) is 1. The molecule has 1 amide bonds. The molecule has 1 N–H and O–H groups in total. The van der Waals surface area contributed by atoms with Crippen molar-refractivity contribution in [2.45, 2.75) is 48.6 Å². The number of carbonyl (C=O) groups is 1. The van der Waals surface area contributed by atoms with Crippen LogP contribution in [0.4, 0.5) is 0 Å². The minimum atomic E-state index is -0.00899. The number of hydrogen-bond acceptors (Lipinski definition) is 3. The Morgan fingerprint density at radius 2 is 1.93 bits per heavy atom. The number of carbonyl (C=O) groups excluding carboxylic acids is 1. The van der Waals surface area contributed by atoms with Gasteiger partial charge < -0.3 is 5.32 Å². The summed E-state index contributed by atoms with van der Waals surface area (Å²) in [6.45, 7) is 2.23. The molecule has 3 nitrogen and oxygen atoms in total. The Balaban J connectivity index is 1.67. The summed E-state index contributed by atoms with van der Waals surface area (Å²) >= 11 is 7.63. The van der Waals surface area contributed by atoms with Gasteiger partial charge in [0.1, 0.15) is 5.03 Å². The predicted octanol–water partition coefficient (Wildman–Crippen LogP) is 6.35. The lowest BCUT2D eigenvalue weighted by molar-refractivity contribution is 0.0911. The number of rotatable bonds is 4. The first-order chi connectivity index (χ1) is 13.6. The van der Waals surface area contributed by atoms with E-state index in [2.05, 4.69) is 12.2 Å². The van der Waals surface area contributed by atoms with Crippen molar-refractivity contribution in [2.75, 3.05) is 0 Å². The molecule has 1 aliphatic carbocycles. The third kappa shape index (κ3) is 4.34. The van der Waals surface area contributed by atoms with Gasteiger partial charge in [0.05, 0.1) is 11.1 Å². The van der Waals surface area contributed by atoms with Crippen molar-refractivity contribution in [3.05, 3.63) is 65.2 Å². The zero-order chi connectivity index (χ0) is 19.5. The van der Waals surface area contributed by atoms with Crippen molar-refractivity contribution in [1.82, 2.24) is 10.3 Å². The van der Waals surface area contributed by atoms with Crippen LogP contribution in [0.3, 0.4) is 0 Å². The van der Waals surface area contributed by atoms with Gasteiger partial charge in [-0.1, -0.05) is 67.4 Å². The summed E-state index contributed by atoms with van der Waals surface area (Å²) in [6, 6.07) is 17.7. The Hall–Kier alpha value is -2.04. The van der Waals surface area contributed by atoms with Gasteiger partial charge in [-0.25, -0.2) is 4.98 Å². The fourth-order valence-electron chi connectivity index (χ4n) is 3.82. The Kier molecular flexibility index (Phi) is 5.88. The van der Waals surface area contributed by atoms with Crippen LogP contribution in [0.5, 0.6) is 0 Å². The number of para-hydroxylation sites is 1. The highest BCUT2D eigenvalue weighted by atomic mass is 35.5. The smallest absolute Gasteiger partial charge is 0.252 e. The second-order valence-electron chi connectivity index (χ2n) is 7.43. The highest BCUT2D eigenvalue weighted by Gasteiger charge is 2.24. The van der Waals surface area contributed by atoms with Crippen LogP contribution in [-0.4, -0.2) is 16.9 Å². The van der Waals surface area contributed by atoms with E-state index in [0.717, 1.165) is 27.2 Å². The first-order valence-corrected chi connectivity index (χ1v) is 10.9. The molecule has 144 valence electrons. The summed E-state index contributed by atoms with van der Waals surface area (Å²) in [7, 11) is 0. The molecule has 0 unspecified atom stereocenters. The number of fused-ring (bicyclic) bond motifs is 1. The van der Waals surface area contributed by atoms with Crippen LogP contribution in [0.2, 0.25) is 5.02 Å². The molecule has 1 aromatic heterocycles. The van der Waals surface area contributed by atoms with E-state index in [1.165, 1.54) is 31.0 Å². The average Bonchev–Trinajstić information content (AvgIpc) is 2.69. The van der Waals surface area contributed by atoms with Gasteiger partial charge in [0.2, 0.25) is 0 Å². The van der Waals surface area contributed by atoms with E-state index >= 15 is 0 Å². The Morgan fingerprint density at radius 1 is 1.11 bits per heavy atom. The molecule has 0 saturated heterocycles. The molecule has 4 rings (SSSR count). The second kappa shape index (κ2) is 8.54. The molecule has 0 aliphatic heterocycles. The van der Waals surface area contributed by atoms with Crippen molar-refractivity contribution in [1.29, 1.82) is 0 Å². The van der Waals surface area contributed by atoms with E-state index < -0.39 is 0 Å². The van der Waals surface area contributed by atoms with Crippen molar-refractivity contribution >= 4 is 40.2 Å².